The van der Waals surface area contributed by atoms with E-state index in [4.69, 9.17) is 0 Å². The van der Waals surface area contributed by atoms with Crippen molar-refractivity contribution in [3.63, 3.8) is 0 Å². The highest BCUT2D eigenvalue weighted by Crippen LogP contribution is 2.15. The van der Waals surface area contributed by atoms with Gasteiger partial charge in [0.1, 0.15) is 6.04 Å². The Hall–Kier alpha value is -1.64. The van der Waals surface area contributed by atoms with Crippen LogP contribution >= 0.6 is 0 Å². The number of Topliss-reactive ketones (excluding diaryl/α,β-unsaturated/α-hetero) is 1. The van der Waals surface area contributed by atoms with Crippen molar-refractivity contribution >= 4 is 11.7 Å². The molecule has 0 heterocycles. The zero-order valence-corrected chi connectivity index (χ0v) is 9.69. The van der Waals surface area contributed by atoms with E-state index in [1.165, 1.54) is 0 Å². The highest BCUT2D eigenvalue weighted by atomic mass is 16.2. The zero-order chi connectivity index (χ0) is 12.0. The molecule has 0 aromatic heterocycles. The van der Waals surface area contributed by atoms with Crippen LogP contribution in [0.5, 0.6) is 0 Å². The van der Waals surface area contributed by atoms with E-state index >= 15 is 0 Å². The maximum atomic E-state index is 11.7. The van der Waals surface area contributed by atoms with Crippen LogP contribution < -0.4 is 5.32 Å². The van der Waals surface area contributed by atoms with Gasteiger partial charge in [0.2, 0.25) is 5.91 Å². The quantitative estimate of drug-likeness (QED) is 0.825. The number of carbonyl (C=O) groups excluding carboxylic acids is 2. The standard InChI is InChI=1S/C13H17NO2/c1-3-11(15)13(14-12(16)4-2)10-8-6-5-7-9-10/h5-9,13H,3-4H2,1-2H3,(H,14,16). The van der Waals surface area contributed by atoms with Gasteiger partial charge in [-0.15, -0.1) is 0 Å². The Labute approximate surface area is 95.9 Å². The molecule has 1 amide bonds. The summed E-state index contributed by atoms with van der Waals surface area (Å²) < 4.78 is 0. The molecule has 0 radical (unpaired) electrons. The first kappa shape index (κ1) is 12.4. The van der Waals surface area contributed by atoms with Crippen LogP contribution in [0.2, 0.25) is 0 Å². The summed E-state index contributed by atoms with van der Waals surface area (Å²) in [4.78, 5) is 23.1. The highest BCUT2D eigenvalue weighted by Gasteiger charge is 2.19. The van der Waals surface area contributed by atoms with E-state index < -0.39 is 6.04 Å². The van der Waals surface area contributed by atoms with Gasteiger partial charge in [0.25, 0.3) is 0 Å². The van der Waals surface area contributed by atoms with Crippen LogP contribution in [0.25, 0.3) is 0 Å². The summed E-state index contributed by atoms with van der Waals surface area (Å²) in [6, 6.07) is 8.83. The molecular formula is C13H17NO2. The van der Waals surface area contributed by atoms with Crippen molar-refractivity contribution in [2.75, 3.05) is 0 Å². The maximum Gasteiger partial charge on any atom is 0.220 e. The fraction of sp³-hybridized carbons (Fsp3) is 0.385. The number of nitrogens with one attached hydrogen (secondary N) is 1. The number of hydrogen-bond donors (Lipinski definition) is 1. The first-order valence-electron chi connectivity index (χ1n) is 5.56. The third-order valence-corrected chi connectivity index (χ3v) is 2.43. The van der Waals surface area contributed by atoms with E-state index in [1.807, 2.05) is 30.3 Å². The van der Waals surface area contributed by atoms with Crippen LogP contribution in [-0.2, 0) is 9.59 Å². The molecule has 1 aromatic rings. The first-order valence-corrected chi connectivity index (χ1v) is 5.56. The molecule has 1 atom stereocenters. The molecule has 1 aromatic carbocycles. The SMILES string of the molecule is CCC(=O)NC(C(=O)CC)c1ccccc1. The predicted octanol–water partition coefficient (Wildman–Crippen LogP) is 2.23. The molecule has 86 valence electrons. The van der Waals surface area contributed by atoms with Crippen LogP contribution in [-0.4, -0.2) is 11.7 Å². The summed E-state index contributed by atoms with van der Waals surface area (Å²) in [6.45, 7) is 3.57. The number of benzene rings is 1. The Morgan fingerprint density at radius 1 is 1.12 bits per heavy atom. The molecule has 0 saturated heterocycles. The van der Waals surface area contributed by atoms with E-state index in [0.717, 1.165) is 5.56 Å². The van der Waals surface area contributed by atoms with Gasteiger partial charge in [-0.1, -0.05) is 44.2 Å². The van der Waals surface area contributed by atoms with E-state index in [9.17, 15) is 9.59 Å². The second-order valence-electron chi connectivity index (χ2n) is 3.58. The monoisotopic (exact) mass is 219 g/mol. The molecule has 1 N–H and O–H groups in total. The van der Waals surface area contributed by atoms with Gasteiger partial charge in [0, 0.05) is 12.8 Å². The second-order valence-corrected chi connectivity index (χ2v) is 3.58. The second kappa shape index (κ2) is 6.05. The Morgan fingerprint density at radius 3 is 2.25 bits per heavy atom. The van der Waals surface area contributed by atoms with Crippen LogP contribution in [0.1, 0.15) is 38.3 Å². The molecule has 3 heteroatoms. The van der Waals surface area contributed by atoms with Gasteiger partial charge >= 0.3 is 0 Å². The Morgan fingerprint density at radius 2 is 1.75 bits per heavy atom. The zero-order valence-electron chi connectivity index (χ0n) is 9.69. The fourth-order valence-corrected chi connectivity index (χ4v) is 1.46. The predicted molar refractivity (Wildman–Crippen MR) is 62.9 cm³/mol. The summed E-state index contributed by atoms with van der Waals surface area (Å²) in [5.41, 5.74) is 0.844. The van der Waals surface area contributed by atoms with Crippen molar-refractivity contribution in [2.45, 2.75) is 32.7 Å². The smallest absolute Gasteiger partial charge is 0.220 e. The van der Waals surface area contributed by atoms with Gasteiger partial charge in [-0.25, -0.2) is 0 Å². The molecule has 1 rings (SSSR count). The minimum absolute atomic E-state index is 0.0352. The van der Waals surface area contributed by atoms with Crippen molar-refractivity contribution in [1.82, 2.24) is 5.32 Å². The largest absolute Gasteiger partial charge is 0.342 e. The maximum absolute atomic E-state index is 11.7. The number of carbonyl (C=O) groups is 2. The van der Waals surface area contributed by atoms with E-state index in [1.54, 1.807) is 13.8 Å². The highest BCUT2D eigenvalue weighted by molar-refractivity contribution is 5.89. The molecule has 0 bridgehead atoms. The Balaban J connectivity index is 2.88. The molecule has 3 nitrogen and oxygen atoms in total. The summed E-state index contributed by atoms with van der Waals surface area (Å²) in [6.07, 6.45) is 0.809. The number of ketones is 1. The van der Waals surface area contributed by atoms with Gasteiger partial charge in [0.15, 0.2) is 5.78 Å². The van der Waals surface area contributed by atoms with E-state index in [2.05, 4.69) is 5.32 Å². The van der Waals surface area contributed by atoms with E-state index in [-0.39, 0.29) is 11.7 Å². The molecule has 16 heavy (non-hydrogen) atoms. The first-order chi connectivity index (χ1) is 7.69. The van der Waals surface area contributed by atoms with Gasteiger partial charge in [-0.3, -0.25) is 9.59 Å². The van der Waals surface area contributed by atoms with Gasteiger partial charge in [0.05, 0.1) is 0 Å². The van der Waals surface area contributed by atoms with Crippen LogP contribution in [0.15, 0.2) is 30.3 Å². The number of rotatable bonds is 5. The average molecular weight is 219 g/mol. The summed E-state index contributed by atoms with van der Waals surface area (Å²) in [7, 11) is 0. The van der Waals surface area contributed by atoms with Crippen LogP contribution in [0.4, 0.5) is 0 Å². The molecule has 0 spiro atoms. The van der Waals surface area contributed by atoms with Crippen molar-refractivity contribution in [3.8, 4) is 0 Å². The van der Waals surface area contributed by atoms with Crippen LogP contribution in [0, 0.1) is 0 Å². The lowest BCUT2D eigenvalue weighted by Gasteiger charge is -2.16. The summed E-state index contributed by atoms with van der Waals surface area (Å²) >= 11 is 0. The Bertz CT molecular complexity index is 359. The summed E-state index contributed by atoms with van der Waals surface area (Å²) in [5.74, 6) is -0.0661. The lowest BCUT2D eigenvalue weighted by atomic mass is 10.0. The molecule has 0 fully saturated rings. The van der Waals surface area contributed by atoms with Crippen LogP contribution in [0.3, 0.4) is 0 Å². The normalized spacial score (nSPS) is 11.9. The number of hydrogen-bond acceptors (Lipinski definition) is 2. The van der Waals surface area contributed by atoms with Gasteiger partial charge < -0.3 is 5.32 Å². The summed E-state index contributed by atoms with van der Waals surface area (Å²) in [5, 5.41) is 2.75. The van der Waals surface area contributed by atoms with Gasteiger partial charge in [-0.2, -0.15) is 0 Å². The van der Waals surface area contributed by atoms with Gasteiger partial charge in [-0.05, 0) is 5.56 Å². The van der Waals surface area contributed by atoms with E-state index in [0.29, 0.717) is 12.8 Å². The third kappa shape index (κ3) is 3.19. The molecule has 0 aliphatic heterocycles. The lowest BCUT2D eigenvalue weighted by Crippen LogP contribution is -2.33. The molecule has 0 saturated carbocycles. The Kier molecular flexibility index (Phi) is 4.70. The molecule has 0 aliphatic carbocycles. The van der Waals surface area contributed by atoms with Crippen molar-refractivity contribution in [3.05, 3.63) is 35.9 Å². The minimum Gasteiger partial charge on any atom is -0.342 e. The molecule has 0 aliphatic rings. The number of amides is 1. The third-order valence-electron chi connectivity index (χ3n) is 2.43. The van der Waals surface area contributed by atoms with Crippen molar-refractivity contribution in [1.29, 1.82) is 0 Å². The lowest BCUT2D eigenvalue weighted by molar-refractivity contribution is -0.127. The molecular weight excluding hydrogens is 202 g/mol. The topological polar surface area (TPSA) is 46.2 Å². The molecule has 1 unspecified atom stereocenters. The fourth-order valence-electron chi connectivity index (χ4n) is 1.46. The average Bonchev–Trinajstić information content (AvgIpc) is 2.35. The van der Waals surface area contributed by atoms with Crippen molar-refractivity contribution < 1.29 is 9.59 Å². The van der Waals surface area contributed by atoms with Crippen molar-refractivity contribution in [2.24, 2.45) is 0 Å². The minimum atomic E-state index is -0.501.